The molecule has 116 valence electrons. The molecule has 1 aromatic heterocycles. The molecule has 1 rings (SSSR count). The number of hydrogen-bond acceptors (Lipinski definition) is 4. The molecule has 0 saturated carbocycles. The first-order valence-corrected chi connectivity index (χ1v) is 8.63. The van der Waals surface area contributed by atoms with Crippen molar-refractivity contribution in [1.82, 2.24) is 19.6 Å². The van der Waals surface area contributed by atoms with Gasteiger partial charge in [-0.3, -0.25) is 0 Å². The Morgan fingerprint density at radius 2 is 2.05 bits per heavy atom. The second-order valence-electron chi connectivity index (χ2n) is 5.02. The number of rotatable bonds is 9. The van der Waals surface area contributed by atoms with E-state index in [0.29, 0.717) is 5.82 Å². The lowest BCUT2D eigenvalue weighted by atomic mass is 10.2. The van der Waals surface area contributed by atoms with Gasteiger partial charge in [0.15, 0.2) is 5.03 Å². The van der Waals surface area contributed by atoms with E-state index in [4.69, 9.17) is 0 Å². The molecule has 0 spiro atoms. The molecule has 0 aliphatic carbocycles. The van der Waals surface area contributed by atoms with E-state index in [-0.39, 0.29) is 11.1 Å². The molecule has 7 heteroatoms. The summed E-state index contributed by atoms with van der Waals surface area (Å²) in [7, 11) is -3.48. The predicted molar refractivity (Wildman–Crippen MR) is 80.1 cm³/mol. The van der Waals surface area contributed by atoms with Crippen molar-refractivity contribution < 1.29 is 8.42 Å². The number of aromatic nitrogens is 2. The van der Waals surface area contributed by atoms with Crippen LogP contribution in [0.4, 0.5) is 0 Å². The van der Waals surface area contributed by atoms with Gasteiger partial charge >= 0.3 is 0 Å². The minimum absolute atomic E-state index is 0.0841. The van der Waals surface area contributed by atoms with Crippen LogP contribution in [-0.2, 0) is 10.0 Å². The SMILES string of the molecule is CCN(CC)CCCC(C)NS(=O)(=O)c1cnc(C)[nH]1. The highest BCUT2D eigenvalue weighted by molar-refractivity contribution is 7.89. The van der Waals surface area contributed by atoms with Crippen molar-refractivity contribution in [2.75, 3.05) is 19.6 Å². The molecule has 0 amide bonds. The molecule has 0 saturated heterocycles. The van der Waals surface area contributed by atoms with Crippen molar-refractivity contribution in [3.63, 3.8) is 0 Å². The Kier molecular flexibility index (Phi) is 6.64. The van der Waals surface area contributed by atoms with Gasteiger partial charge in [-0.2, -0.15) is 0 Å². The van der Waals surface area contributed by atoms with Crippen LogP contribution in [0.2, 0.25) is 0 Å². The van der Waals surface area contributed by atoms with Gasteiger partial charge in [-0.1, -0.05) is 13.8 Å². The number of hydrogen-bond donors (Lipinski definition) is 2. The lowest BCUT2D eigenvalue weighted by molar-refractivity contribution is 0.293. The van der Waals surface area contributed by atoms with Crippen molar-refractivity contribution in [1.29, 1.82) is 0 Å². The lowest BCUT2D eigenvalue weighted by Gasteiger charge is -2.19. The summed E-state index contributed by atoms with van der Waals surface area (Å²) in [5.74, 6) is 0.597. The van der Waals surface area contributed by atoms with Crippen LogP contribution in [0, 0.1) is 6.92 Å². The zero-order valence-electron chi connectivity index (χ0n) is 12.8. The van der Waals surface area contributed by atoms with Gasteiger partial charge in [0.1, 0.15) is 5.82 Å². The summed E-state index contributed by atoms with van der Waals surface area (Å²) < 4.78 is 26.8. The van der Waals surface area contributed by atoms with Gasteiger partial charge in [0.05, 0.1) is 6.20 Å². The molecule has 6 nitrogen and oxygen atoms in total. The molecule has 0 radical (unpaired) electrons. The minimum Gasteiger partial charge on any atom is -0.332 e. The monoisotopic (exact) mass is 302 g/mol. The zero-order chi connectivity index (χ0) is 15.2. The summed E-state index contributed by atoms with van der Waals surface area (Å²) in [5.41, 5.74) is 0. The Hall–Kier alpha value is -0.920. The minimum atomic E-state index is -3.48. The number of sulfonamides is 1. The highest BCUT2D eigenvalue weighted by Gasteiger charge is 2.19. The highest BCUT2D eigenvalue weighted by atomic mass is 32.2. The summed E-state index contributed by atoms with van der Waals surface area (Å²) in [6, 6.07) is -0.0841. The number of H-pyrrole nitrogens is 1. The van der Waals surface area contributed by atoms with Crippen LogP contribution >= 0.6 is 0 Å². The van der Waals surface area contributed by atoms with Crippen LogP contribution in [0.1, 0.15) is 39.4 Å². The van der Waals surface area contributed by atoms with E-state index in [2.05, 4.69) is 33.4 Å². The summed E-state index contributed by atoms with van der Waals surface area (Å²) in [6.45, 7) is 11.0. The lowest BCUT2D eigenvalue weighted by Crippen LogP contribution is -2.34. The molecule has 1 unspecified atom stereocenters. The van der Waals surface area contributed by atoms with Gasteiger partial charge in [-0.05, 0) is 46.3 Å². The van der Waals surface area contributed by atoms with E-state index in [1.165, 1.54) is 6.20 Å². The van der Waals surface area contributed by atoms with Crippen molar-refractivity contribution in [3.05, 3.63) is 12.0 Å². The molecule has 0 bridgehead atoms. The van der Waals surface area contributed by atoms with Crippen molar-refractivity contribution in [2.45, 2.75) is 51.6 Å². The van der Waals surface area contributed by atoms with Gasteiger partial charge in [0.25, 0.3) is 10.0 Å². The van der Waals surface area contributed by atoms with E-state index in [1.54, 1.807) is 6.92 Å². The second kappa shape index (κ2) is 7.75. The standard InChI is InChI=1S/C13H26N4O2S/c1-5-17(6-2)9-7-8-11(3)16-20(18,19)13-10-14-12(4)15-13/h10-11,16H,5-9H2,1-4H3,(H,14,15). The molecule has 0 aliphatic heterocycles. The average molecular weight is 302 g/mol. The average Bonchev–Trinajstić information content (AvgIpc) is 2.81. The number of imidazole rings is 1. The molecule has 0 aromatic carbocycles. The first-order chi connectivity index (χ1) is 9.39. The first kappa shape index (κ1) is 17.1. The molecule has 1 aromatic rings. The maximum absolute atomic E-state index is 12.1. The van der Waals surface area contributed by atoms with E-state index < -0.39 is 10.0 Å². The van der Waals surface area contributed by atoms with E-state index in [9.17, 15) is 8.42 Å². The summed E-state index contributed by atoms with van der Waals surface area (Å²) in [6.07, 6.45) is 3.15. The Labute approximate surface area is 122 Å². The third-order valence-corrected chi connectivity index (χ3v) is 4.83. The molecule has 1 heterocycles. The quantitative estimate of drug-likeness (QED) is 0.725. The molecular formula is C13H26N4O2S. The number of nitrogens with zero attached hydrogens (tertiary/aromatic N) is 2. The van der Waals surface area contributed by atoms with Gasteiger partial charge in [-0.15, -0.1) is 0 Å². The Balaban J connectivity index is 2.44. The highest BCUT2D eigenvalue weighted by Crippen LogP contribution is 2.08. The van der Waals surface area contributed by atoms with Gasteiger partial charge in [0.2, 0.25) is 0 Å². The van der Waals surface area contributed by atoms with Crippen molar-refractivity contribution >= 4 is 10.0 Å². The van der Waals surface area contributed by atoms with E-state index >= 15 is 0 Å². The number of aryl methyl sites for hydroxylation is 1. The van der Waals surface area contributed by atoms with Crippen LogP contribution in [0.5, 0.6) is 0 Å². The summed E-state index contributed by atoms with van der Waals surface area (Å²) in [4.78, 5) is 8.99. The Morgan fingerprint density at radius 3 is 2.55 bits per heavy atom. The zero-order valence-corrected chi connectivity index (χ0v) is 13.6. The topological polar surface area (TPSA) is 78.1 Å². The normalized spacial score (nSPS) is 13.8. The largest absolute Gasteiger partial charge is 0.332 e. The van der Waals surface area contributed by atoms with Crippen LogP contribution in [-0.4, -0.2) is 49.0 Å². The van der Waals surface area contributed by atoms with Crippen LogP contribution in [0.25, 0.3) is 0 Å². The molecule has 0 aliphatic rings. The van der Waals surface area contributed by atoms with E-state index in [1.807, 2.05) is 6.92 Å². The maximum Gasteiger partial charge on any atom is 0.257 e. The Bertz CT molecular complexity index is 494. The second-order valence-corrected chi connectivity index (χ2v) is 6.71. The van der Waals surface area contributed by atoms with E-state index in [0.717, 1.165) is 32.5 Å². The fourth-order valence-electron chi connectivity index (χ4n) is 2.08. The fourth-order valence-corrected chi connectivity index (χ4v) is 3.33. The van der Waals surface area contributed by atoms with Crippen molar-refractivity contribution in [3.8, 4) is 0 Å². The van der Waals surface area contributed by atoms with Crippen LogP contribution in [0.15, 0.2) is 11.2 Å². The Morgan fingerprint density at radius 1 is 1.40 bits per heavy atom. The smallest absolute Gasteiger partial charge is 0.257 e. The van der Waals surface area contributed by atoms with Crippen molar-refractivity contribution in [2.24, 2.45) is 0 Å². The molecule has 0 fully saturated rings. The number of aromatic amines is 1. The molecule has 1 atom stereocenters. The third kappa shape index (κ3) is 5.22. The van der Waals surface area contributed by atoms with Gasteiger partial charge < -0.3 is 9.88 Å². The van der Waals surface area contributed by atoms with Gasteiger partial charge in [0, 0.05) is 6.04 Å². The van der Waals surface area contributed by atoms with Gasteiger partial charge in [-0.25, -0.2) is 18.1 Å². The van der Waals surface area contributed by atoms with Crippen LogP contribution < -0.4 is 4.72 Å². The molecular weight excluding hydrogens is 276 g/mol. The molecule has 20 heavy (non-hydrogen) atoms. The third-order valence-electron chi connectivity index (χ3n) is 3.33. The van der Waals surface area contributed by atoms with Crippen LogP contribution in [0.3, 0.4) is 0 Å². The summed E-state index contributed by atoms with van der Waals surface area (Å²) in [5, 5.41) is 0.130. The first-order valence-electron chi connectivity index (χ1n) is 7.15. The maximum atomic E-state index is 12.1. The molecule has 2 N–H and O–H groups in total. The number of nitrogens with one attached hydrogen (secondary N) is 2. The summed E-state index contributed by atoms with van der Waals surface area (Å²) >= 11 is 0. The predicted octanol–water partition coefficient (Wildman–Crippen LogP) is 1.51. The fraction of sp³-hybridized carbons (Fsp3) is 0.769.